The van der Waals surface area contributed by atoms with Crippen LogP contribution >= 0.6 is 11.6 Å². The van der Waals surface area contributed by atoms with Crippen molar-refractivity contribution in [3.8, 4) is 0 Å². The maximum atomic E-state index is 11.1. The van der Waals surface area contributed by atoms with Gasteiger partial charge in [-0.2, -0.15) is 5.10 Å². The molecule has 0 fully saturated rings. The zero-order valence-corrected chi connectivity index (χ0v) is 12.6. The van der Waals surface area contributed by atoms with Crippen molar-refractivity contribution in [3.05, 3.63) is 59.1 Å². The van der Waals surface area contributed by atoms with Crippen LogP contribution in [0.25, 0.3) is 0 Å². The molecule has 0 aromatic heterocycles. The number of benzene rings is 2. The highest BCUT2D eigenvalue weighted by Crippen LogP contribution is 2.15. The first-order valence-corrected chi connectivity index (χ1v) is 6.86. The molecule has 2 aromatic carbocycles. The molecular formula is C16H16ClN3O. The number of nitrogens with one attached hydrogen (secondary N) is 2. The first-order valence-electron chi connectivity index (χ1n) is 6.48. The average Bonchev–Trinajstić information content (AvgIpc) is 2.46. The van der Waals surface area contributed by atoms with Crippen molar-refractivity contribution in [1.82, 2.24) is 0 Å². The highest BCUT2D eigenvalue weighted by atomic mass is 35.5. The van der Waals surface area contributed by atoms with Gasteiger partial charge >= 0.3 is 0 Å². The number of hydrogen-bond donors (Lipinski definition) is 2. The van der Waals surface area contributed by atoms with E-state index in [0.29, 0.717) is 5.02 Å². The minimum Gasteiger partial charge on any atom is -0.326 e. The third-order valence-electron chi connectivity index (χ3n) is 2.80. The van der Waals surface area contributed by atoms with Crippen molar-refractivity contribution < 1.29 is 4.79 Å². The fraction of sp³-hybridized carbons (Fsp3) is 0.125. The zero-order valence-electron chi connectivity index (χ0n) is 11.9. The third-order valence-corrected chi connectivity index (χ3v) is 3.05. The third kappa shape index (κ3) is 4.61. The van der Waals surface area contributed by atoms with Crippen molar-refractivity contribution in [1.29, 1.82) is 0 Å². The van der Waals surface area contributed by atoms with E-state index in [9.17, 15) is 4.79 Å². The number of carbonyl (C=O) groups is 1. The maximum absolute atomic E-state index is 11.1. The topological polar surface area (TPSA) is 53.5 Å². The van der Waals surface area contributed by atoms with Crippen molar-refractivity contribution in [2.75, 3.05) is 10.7 Å². The van der Waals surface area contributed by atoms with Crippen LogP contribution in [0.4, 0.5) is 11.4 Å². The predicted octanol–water partition coefficient (Wildman–Crippen LogP) is 4.13. The molecule has 4 nitrogen and oxygen atoms in total. The van der Waals surface area contributed by atoms with Crippen LogP contribution in [0.15, 0.2) is 53.6 Å². The van der Waals surface area contributed by atoms with Gasteiger partial charge in [0.2, 0.25) is 5.91 Å². The minimum absolute atomic E-state index is 0.0963. The van der Waals surface area contributed by atoms with E-state index in [4.69, 9.17) is 11.6 Å². The summed E-state index contributed by atoms with van der Waals surface area (Å²) in [6.07, 6.45) is 0. The number of halogens is 1. The molecule has 0 saturated carbocycles. The average molecular weight is 302 g/mol. The molecule has 0 aliphatic heterocycles. The van der Waals surface area contributed by atoms with Gasteiger partial charge in [0.25, 0.3) is 0 Å². The van der Waals surface area contributed by atoms with Crippen molar-refractivity contribution >= 4 is 34.6 Å². The second-order valence-corrected chi connectivity index (χ2v) is 5.01. The zero-order chi connectivity index (χ0) is 15.2. The standard InChI is InChI=1S/C16H16ClN3O/c1-11(19-20-15-8-6-14(17)7-9-15)13-4-3-5-16(10-13)18-12(2)21/h3-10,20H,1-2H3,(H,18,21)/b19-11-. The van der Waals surface area contributed by atoms with Crippen LogP contribution in [0, 0.1) is 0 Å². The Kier molecular flexibility index (Phi) is 4.95. The fourth-order valence-electron chi connectivity index (χ4n) is 1.76. The molecule has 108 valence electrons. The lowest BCUT2D eigenvalue weighted by atomic mass is 10.1. The molecule has 2 N–H and O–H groups in total. The van der Waals surface area contributed by atoms with Crippen LogP contribution in [0.5, 0.6) is 0 Å². The first-order chi connectivity index (χ1) is 10.0. The Morgan fingerprint density at radius 1 is 1.05 bits per heavy atom. The second-order valence-electron chi connectivity index (χ2n) is 4.58. The van der Waals surface area contributed by atoms with Crippen LogP contribution in [-0.2, 0) is 4.79 Å². The Hall–Kier alpha value is -2.33. The van der Waals surface area contributed by atoms with E-state index in [2.05, 4.69) is 15.8 Å². The van der Waals surface area contributed by atoms with Gasteiger partial charge in [-0.3, -0.25) is 10.2 Å². The van der Waals surface area contributed by atoms with Crippen LogP contribution < -0.4 is 10.7 Å². The number of nitrogens with zero attached hydrogens (tertiary/aromatic N) is 1. The molecule has 2 rings (SSSR count). The van der Waals surface area contributed by atoms with Gasteiger partial charge < -0.3 is 5.32 Å². The molecule has 5 heteroatoms. The van der Waals surface area contributed by atoms with E-state index < -0.39 is 0 Å². The molecule has 0 aliphatic rings. The summed E-state index contributed by atoms with van der Waals surface area (Å²) in [6.45, 7) is 3.38. The Morgan fingerprint density at radius 3 is 2.43 bits per heavy atom. The number of hydrazone groups is 1. The lowest BCUT2D eigenvalue weighted by Gasteiger charge is -2.06. The van der Waals surface area contributed by atoms with Gasteiger partial charge in [-0.05, 0) is 48.9 Å². The Morgan fingerprint density at radius 2 is 1.76 bits per heavy atom. The maximum Gasteiger partial charge on any atom is 0.221 e. The molecular weight excluding hydrogens is 286 g/mol. The minimum atomic E-state index is -0.0963. The van der Waals surface area contributed by atoms with Gasteiger partial charge in [-0.25, -0.2) is 0 Å². The highest BCUT2D eigenvalue weighted by Gasteiger charge is 2.01. The van der Waals surface area contributed by atoms with Gasteiger partial charge in [0, 0.05) is 17.6 Å². The summed E-state index contributed by atoms with van der Waals surface area (Å²) in [5.41, 5.74) is 6.33. The van der Waals surface area contributed by atoms with Gasteiger partial charge in [0.05, 0.1) is 11.4 Å². The predicted molar refractivity (Wildman–Crippen MR) is 88.0 cm³/mol. The molecule has 0 aliphatic carbocycles. The SMILES string of the molecule is CC(=O)Nc1cccc(/C(C)=N\Nc2ccc(Cl)cc2)c1. The summed E-state index contributed by atoms with van der Waals surface area (Å²) in [5.74, 6) is -0.0963. The Balaban J connectivity index is 2.11. The number of rotatable bonds is 4. The normalized spacial score (nSPS) is 11.1. The Labute approximate surface area is 128 Å². The van der Waals surface area contributed by atoms with Gasteiger partial charge in [-0.15, -0.1) is 0 Å². The van der Waals surface area contributed by atoms with Gasteiger partial charge in [0.1, 0.15) is 0 Å². The number of amides is 1. The summed E-state index contributed by atoms with van der Waals surface area (Å²) >= 11 is 5.83. The summed E-state index contributed by atoms with van der Waals surface area (Å²) < 4.78 is 0. The van der Waals surface area contributed by atoms with Crippen molar-refractivity contribution in [2.24, 2.45) is 5.10 Å². The molecule has 0 saturated heterocycles. The molecule has 0 spiro atoms. The number of hydrogen-bond acceptors (Lipinski definition) is 3. The molecule has 0 radical (unpaired) electrons. The Bertz CT molecular complexity index is 665. The lowest BCUT2D eigenvalue weighted by molar-refractivity contribution is -0.114. The van der Waals surface area contributed by atoms with Gasteiger partial charge in [0.15, 0.2) is 0 Å². The molecule has 2 aromatic rings. The van der Waals surface area contributed by atoms with Crippen LogP contribution in [-0.4, -0.2) is 11.6 Å². The van der Waals surface area contributed by atoms with Crippen LogP contribution in [0.1, 0.15) is 19.4 Å². The van der Waals surface area contributed by atoms with Crippen molar-refractivity contribution in [2.45, 2.75) is 13.8 Å². The second kappa shape index (κ2) is 6.90. The first kappa shape index (κ1) is 15.1. The summed E-state index contributed by atoms with van der Waals surface area (Å²) in [4.78, 5) is 11.1. The smallest absolute Gasteiger partial charge is 0.221 e. The van der Waals surface area contributed by atoms with E-state index in [0.717, 1.165) is 22.6 Å². The molecule has 0 atom stereocenters. The van der Waals surface area contributed by atoms with E-state index >= 15 is 0 Å². The van der Waals surface area contributed by atoms with E-state index in [1.54, 1.807) is 12.1 Å². The quantitative estimate of drug-likeness (QED) is 0.659. The van der Waals surface area contributed by atoms with Crippen molar-refractivity contribution in [3.63, 3.8) is 0 Å². The summed E-state index contributed by atoms with van der Waals surface area (Å²) in [7, 11) is 0. The highest BCUT2D eigenvalue weighted by molar-refractivity contribution is 6.30. The van der Waals surface area contributed by atoms with E-state index in [-0.39, 0.29) is 5.91 Å². The van der Waals surface area contributed by atoms with Gasteiger partial charge in [-0.1, -0.05) is 23.7 Å². The molecule has 0 heterocycles. The fourth-order valence-corrected chi connectivity index (χ4v) is 1.89. The largest absolute Gasteiger partial charge is 0.326 e. The van der Waals surface area contributed by atoms with E-state index in [1.807, 2.05) is 43.3 Å². The molecule has 0 bridgehead atoms. The van der Waals surface area contributed by atoms with Crippen LogP contribution in [0.2, 0.25) is 5.02 Å². The number of anilines is 2. The molecule has 1 amide bonds. The molecule has 0 unspecified atom stereocenters. The van der Waals surface area contributed by atoms with E-state index in [1.165, 1.54) is 6.92 Å². The summed E-state index contributed by atoms with van der Waals surface area (Å²) in [6, 6.07) is 14.8. The molecule has 21 heavy (non-hydrogen) atoms. The summed E-state index contributed by atoms with van der Waals surface area (Å²) in [5, 5.41) is 7.76. The number of carbonyl (C=O) groups excluding carboxylic acids is 1. The van der Waals surface area contributed by atoms with Crippen LogP contribution in [0.3, 0.4) is 0 Å². The lowest BCUT2D eigenvalue weighted by Crippen LogP contribution is -2.07. The monoisotopic (exact) mass is 301 g/mol.